The number of hydrogen-bond acceptors (Lipinski definition) is 7. The van der Waals surface area contributed by atoms with Crippen LogP contribution in [0.2, 0.25) is 0 Å². The lowest BCUT2D eigenvalue weighted by molar-refractivity contribution is -0.0269. The van der Waals surface area contributed by atoms with Gasteiger partial charge in [-0.3, -0.25) is 9.30 Å². The lowest BCUT2D eigenvalue weighted by Crippen LogP contribution is -2.48. The van der Waals surface area contributed by atoms with E-state index in [1.165, 1.54) is 16.3 Å². The SMILES string of the molecule is COCCOc1ccn2c(-c3ccc4cccc(OC5CCN(Cc6ccc7ccccc7c6)CC5O)c4n3)cnc2c1. The zero-order chi connectivity index (χ0) is 29.2. The van der Waals surface area contributed by atoms with Crippen LogP contribution in [0, 0.1) is 0 Å². The molecule has 0 spiro atoms. The van der Waals surface area contributed by atoms with Gasteiger partial charge in [0.05, 0.1) is 24.2 Å². The van der Waals surface area contributed by atoms with Gasteiger partial charge in [-0.25, -0.2) is 9.97 Å². The van der Waals surface area contributed by atoms with E-state index >= 15 is 0 Å². The number of aliphatic hydroxyl groups excluding tert-OH is 1. The number of fused-ring (bicyclic) bond motifs is 3. The molecule has 8 nitrogen and oxygen atoms in total. The quantitative estimate of drug-likeness (QED) is 0.221. The Morgan fingerprint density at radius 2 is 1.77 bits per heavy atom. The van der Waals surface area contributed by atoms with Crippen molar-refractivity contribution >= 4 is 27.3 Å². The maximum Gasteiger partial charge on any atom is 0.146 e. The second kappa shape index (κ2) is 12.0. The molecule has 3 aromatic heterocycles. The van der Waals surface area contributed by atoms with E-state index in [-0.39, 0.29) is 6.10 Å². The zero-order valence-electron chi connectivity index (χ0n) is 24.1. The Morgan fingerprint density at radius 3 is 2.65 bits per heavy atom. The highest BCUT2D eigenvalue weighted by Gasteiger charge is 2.30. The Hall–Kier alpha value is -4.50. The fourth-order valence-electron chi connectivity index (χ4n) is 5.86. The summed E-state index contributed by atoms with van der Waals surface area (Å²) in [7, 11) is 1.65. The zero-order valence-corrected chi connectivity index (χ0v) is 24.1. The number of pyridine rings is 2. The summed E-state index contributed by atoms with van der Waals surface area (Å²) in [5.74, 6) is 1.42. The van der Waals surface area contributed by atoms with Gasteiger partial charge in [-0.05, 0) is 47.0 Å². The van der Waals surface area contributed by atoms with Gasteiger partial charge in [-0.1, -0.05) is 54.6 Å². The van der Waals surface area contributed by atoms with Crippen LogP contribution in [0.15, 0.2) is 97.3 Å². The third kappa shape index (κ3) is 5.77. The van der Waals surface area contributed by atoms with Crippen LogP contribution in [0.1, 0.15) is 12.0 Å². The number of benzene rings is 3. The summed E-state index contributed by atoms with van der Waals surface area (Å²) >= 11 is 0. The molecule has 1 N–H and O–H groups in total. The summed E-state index contributed by atoms with van der Waals surface area (Å²) in [6.07, 6.45) is 3.58. The molecule has 2 atom stereocenters. The number of para-hydroxylation sites is 1. The van der Waals surface area contributed by atoms with Gasteiger partial charge in [0.2, 0.25) is 0 Å². The molecule has 0 amide bonds. The van der Waals surface area contributed by atoms with Gasteiger partial charge in [-0.2, -0.15) is 0 Å². The van der Waals surface area contributed by atoms with Gasteiger partial charge in [0.25, 0.3) is 0 Å². The number of ether oxygens (including phenoxy) is 3. The fourth-order valence-corrected chi connectivity index (χ4v) is 5.86. The van der Waals surface area contributed by atoms with E-state index in [1.54, 1.807) is 7.11 Å². The van der Waals surface area contributed by atoms with Crippen molar-refractivity contribution in [2.75, 3.05) is 33.4 Å². The molecule has 2 unspecified atom stereocenters. The minimum atomic E-state index is -0.605. The summed E-state index contributed by atoms with van der Waals surface area (Å²) in [6, 6.07) is 28.8. The Bertz CT molecular complexity index is 1890. The molecule has 1 fully saturated rings. The molecular formula is C35H34N4O4. The summed E-state index contributed by atoms with van der Waals surface area (Å²) in [4.78, 5) is 11.9. The Morgan fingerprint density at radius 1 is 0.907 bits per heavy atom. The van der Waals surface area contributed by atoms with E-state index in [2.05, 4.69) is 58.4 Å². The maximum atomic E-state index is 11.1. The van der Waals surface area contributed by atoms with Crippen molar-refractivity contribution in [3.05, 3.63) is 103 Å². The molecule has 3 aromatic carbocycles. The Labute approximate surface area is 250 Å². The predicted octanol–water partition coefficient (Wildman–Crippen LogP) is 5.74. The molecule has 1 saturated heterocycles. The van der Waals surface area contributed by atoms with Crippen molar-refractivity contribution in [3.63, 3.8) is 0 Å². The molecule has 0 aliphatic carbocycles. The monoisotopic (exact) mass is 574 g/mol. The molecule has 1 aliphatic heterocycles. The van der Waals surface area contributed by atoms with Gasteiger partial charge in [0, 0.05) is 44.4 Å². The van der Waals surface area contributed by atoms with E-state index < -0.39 is 6.10 Å². The van der Waals surface area contributed by atoms with Gasteiger partial charge in [0.15, 0.2) is 0 Å². The second-order valence-corrected chi connectivity index (χ2v) is 11.0. The highest BCUT2D eigenvalue weighted by Crippen LogP contribution is 2.31. The van der Waals surface area contributed by atoms with Crippen molar-refractivity contribution in [1.82, 2.24) is 19.3 Å². The average molecular weight is 575 g/mol. The van der Waals surface area contributed by atoms with E-state index in [0.29, 0.717) is 25.5 Å². The molecule has 4 heterocycles. The van der Waals surface area contributed by atoms with Crippen LogP contribution < -0.4 is 9.47 Å². The number of aromatic nitrogens is 3. The molecule has 0 bridgehead atoms. The molecule has 8 heteroatoms. The molecule has 6 aromatic rings. The summed E-state index contributed by atoms with van der Waals surface area (Å²) < 4.78 is 19.3. The summed E-state index contributed by atoms with van der Waals surface area (Å²) in [5.41, 5.74) is 4.44. The molecule has 7 rings (SSSR count). The normalized spacial score (nSPS) is 17.5. The summed E-state index contributed by atoms with van der Waals surface area (Å²) in [5, 5.41) is 14.6. The Kier molecular flexibility index (Phi) is 7.64. The first kappa shape index (κ1) is 27.3. The molecule has 43 heavy (non-hydrogen) atoms. The lowest BCUT2D eigenvalue weighted by atomic mass is 10.0. The van der Waals surface area contributed by atoms with Gasteiger partial charge >= 0.3 is 0 Å². The first-order valence-corrected chi connectivity index (χ1v) is 14.7. The maximum absolute atomic E-state index is 11.1. The van der Waals surface area contributed by atoms with Crippen LogP contribution in [0.3, 0.4) is 0 Å². The van der Waals surface area contributed by atoms with E-state index in [1.807, 2.05) is 53.2 Å². The third-order valence-electron chi connectivity index (χ3n) is 8.09. The number of β-amino-alcohol motifs (C(OH)–C–C–N with tert-alkyl or cyclic N) is 1. The molecule has 218 valence electrons. The minimum Gasteiger partial charge on any atom is -0.491 e. The second-order valence-electron chi connectivity index (χ2n) is 11.0. The van der Waals surface area contributed by atoms with Gasteiger partial charge in [0.1, 0.15) is 41.5 Å². The van der Waals surface area contributed by atoms with Crippen molar-refractivity contribution in [2.45, 2.75) is 25.2 Å². The van der Waals surface area contributed by atoms with Gasteiger partial charge < -0.3 is 19.3 Å². The first-order valence-electron chi connectivity index (χ1n) is 14.7. The molecule has 0 radical (unpaired) electrons. The first-order chi connectivity index (χ1) is 21.1. The van der Waals surface area contributed by atoms with E-state index in [0.717, 1.165) is 53.2 Å². The van der Waals surface area contributed by atoms with Gasteiger partial charge in [-0.15, -0.1) is 0 Å². The standard InChI is InChI=1S/C35H34N4O4/c1-41-17-18-42-28-13-16-39-30(21-36-34(39)20-28)29-12-11-26-7-4-8-33(35(26)37-29)43-32-14-15-38(23-31(32)40)22-24-9-10-25-5-2-3-6-27(25)19-24/h2-13,16,19-21,31-32,40H,14-15,17-18,22-23H2,1H3. The molecule has 0 saturated carbocycles. The molecular weight excluding hydrogens is 540 g/mol. The number of likely N-dealkylation sites (tertiary alicyclic amines) is 1. The minimum absolute atomic E-state index is 0.309. The highest BCUT2D eigenvalue weighted by atomic mass is 16.5. The fraction of sp³-hybridized carbons (Fsp3) is 0.257. The number of nitrogens with zero attached hydrogens (tertiary/aromatic N) is 4. The number of imidazole rings is 1. The topological polar surface area (TPSA) is 81.4 Å². The van der Waals surface area contributed by atoms with Crippen molar-refractivity contribution < 1.29 is 19.3 Å². The largest absolute Gasteiger partial charge is 0.491 e. The van der Waals surface area contributed by atoms with Crippen molar-refractivity contribution in [2.24, 2.45) is 0 Å². The van der Waals surface area contributed by atoms with Crippen LogP contribution in [0.5, 0.6) is 11.5 Å². The summed E-state index contributed by atoms with van der Waals surface area (Å²) in [6.45, 7) is 3.20. The number of hydrogen-bond donors (Lipinski definition) is 1. The van der Waals surface area contributed by atoms with Crippen LogP contribution in [-0.4, -0.2) is 70.0 Å². The highest BCUT2D eigenvalue weighted by molar-refractivity contribution is 5.86. The van der Waals surface area contributed by atoms with E-state index in [4.69, 9.17) is 19.2 Å². The lowest BCUT2D eigenvalue weighted by Gasteiger charge is -2.36. The predicted molar refractivity (Wildman–Crippen MR) is 168 cm³/mol. The van der Waals surface area contributed by atoms with Crippen molar-refractivity contribution in [3.8, 4) is 22.9 Å². The third-order valence-corrected chi connectivity index (χ3v) is 8.09. The number of piperidine rings is 1. The van der Waals surface area contributed by atoms with Crippen LogP contribution in [0.25, 0.3) is 38.7 Å². The molecule has 1 aliphatic rings. The number of rotatable bonds is 9. The number of methoxy groups -OCH3 is 1. The average Bonchev–Trinajstić information content (AvgIpc) is 3.46. The smallest absolute Gasteiger partial charge is 0.146 e. The number of aliphatic hydroxyl groups is 1. The van der Waals surface area contributed by atoms with Crippen LogP contribution >= 0.6 is 0 Å². The Balaban J connectivity index is 1.07. The van der Waals surface area contributed by atoms with E-state index in [9.17, 15) is 5.11 Å². The van der Waals surface area contributed by atoms with Crippen LogP contribution in [0.4, 0.5) is 0 Å². The van der Waals surface area contributed by atoms with Crippen molar-refractivity contribution in [1.29, 1.82) is 0 Å². The van der Waals surface area contributed by atoms with Crippen LogP contribution in [-0.2, 0) is 11.3 Å².